The fourth-order valence-corrected chi connectivity index (χ4v) is 3.62. The number of amides is 1. The van der Waals surface area contributed by atoms with Gasteiger partial charge in [0.25, 0.3) is 0 Å². The topological polar surface area (TPSA) is 61.4 Å². The van der Waals surface area contributed by atoms with E-state index in [1.165, 1.54) is 11.1 Å². The lowest BCUT2D eigenvalue weighted by Gasteiger charge is -2.35. The Kier molecular flexibility index (Phi) is 7.20. The maximum Gasteiger partial charge on any atom is 0.234 e. The highest BCUT2D eigenvalue weighted by Crippen LogP contribution is 2.18. The summed E-state index contributed by atoms with van der Waals surface area (Å²) in [7, 11) is 0. The molecule has 1 fully saturated rings. The van der Waals surface area contributed by atoms with Gasteiger partial charge in [-0.05, 0) is 31.4 Å². The third-order valence-corrected chi connectivity index (χ3v) is 5.42. The van der Waals surface area contributed by atoms with Crippen molar-refractivity contribution in [2.24, 2.45) is 0 Å². The van der Waals surface area contributed by atoms with Gasteiger partial charge in [0.2, 0.25) is 5.91 Å². The molecule has 0 unspecified atom stereocenters. The second-order valence-electron chi connectivity index (χ2n) is 8.17. The molecule has 3 rings (SSSR count). The van der Waals surface area contributed by atoms with Gasteiger partial charge in [-0.2, -0.15) is 0 Å². The first-order chi connectivity index (χ1) is 13.9. The van der Waals surface area contributed by atoms with Crippen molar-refractivity contribution in [1.29, 1.82) is 0 Å². The monoisotopic (exact) mass is 395 g/mol. The number of nitrogens with zero attached hydrogens (tertiary/aromatic N) is 4. The summed E-state index contributed by atoms with van der Waals surface area (Å²) in [6.07, 6.45) is 0.872. The average Bonchev–Trinajstić information content (AvgIpc) is 2.69. The van der Waals surface area contributed by atoms with Crippen LogP contribution in [0.5, 0.6) is 0 Å². The number of hydrogen-bond donors (Lipinski definition) is 1. The Morgan fingerprint density at radius 1 is 1.10 bits per heavy atom. The molecule has 0 bridgehead atoms. The van der Waals surface area contributed by atoms with Crippen LogP contribution in [-0.2, 0) is 11.2 Å². The van der Waals surface area contributed by atoms with Gasteiger partial charge in [0, 0.05) is 50.4 Å². The molecule has 1 N–H and O–H groups in total. The number of hydrogen-bond acceptors (Lipinski definition) is 5. The quantitative estimate of drug-likeness (QED) is 0.781. The molecule has 2 aromatic rings. The first-order valence-corrected chi connectivity index (χ1v) is 10.6. The average molecular weight is 396 g/mol. The number of anilines is 1. The van der Waals surface area contributed by atoms with Crippen molar-refractivity contribution in [3.63, 3.8) is 0 Å². The van der Waals surface area contributed by atoms with Crippen LogP contribution in [0.2, 0.25) is 0 Å². The fraction of sp³-hybridized carbons (Fsp3) is 0.522. The van der Waals surface area contributed by atoms with Gasteiger partial charge in [0.05, 0.1) is 6.54 Å². The Hall–Kier alpha value is -2.47. The van der Waals surface area contributed by atoms with Crippen molar-refractivity contribution >= 4 is 11.7 Å². The van der Waals surface area contributed by atoms with E-state index < -0.39 is 0 Å². The molecule has 0 radical (unpaired) electrons. The van der Waals surface area contributed by atoms with Gasteiger partial charge in [-0.3, -0.25) is 9.69 Å². The van der Waals surface area contributed by atoms with Crippen molar-refractivity contribution in [2.45, 2.75) is 40.0 Å². The zero-order chi connectivity index (χ0) is 20.8. The third-order valence-electron chi connectivity index (χ3n) is 5.42. The summed E-state index contributed by atoms with van der Waals surface area (Å²) in [6, 6.07) is 10.4. The Balaban J connectivity index is 1.44. The first-order valence-electron chi connectivity index (χ1n) is 10.6. The van der Waals surface area contributed by atoms with E-state index in [2.05, 4.69) is 59.1 Å². The van der Waals surface area contributed by atoms with Crippen LogP contribution in [0.4, 0.5) is 5.82 Å². The van der Waals surface area contributed by atoms with Crippen molar-refractivity contribution in [2.75, 3.05) is 44.2 Å². The molecule has 6 nitrogen and oxygen atoms in total. The number of carbonyl (C=O) groups is 1. The zero-order valence-electron chi connectivity index (χ0n) is 18.1. The normalized spacial score (nSPS) is 15.0. The van der Waals surface area contributed by atoms with Crippen LogP contribution >= 0.6 is 0 Å². The van der Waals surface area contributed by atoms with Crippen molar-refractivity contribution in [1.82, 2.24) is 20.2 Å². The van der Waals surface area contributed by atoms with E-state index >= 15 is 0 Å². The van der Waals surface area contributed by atoms with E-state index in [4.69, 9.17) is 4.98 Å². The smallest absolute Gasteiger partial charge is 0.234 e. The largest absolute Gasteiger partial charge is 0.355 e. The molecule has 1 aliphatic rings. The van der Waals surface area contributed by atoms with Crippen LogP contribution in [-0.4, -0.2) is 60.0 Å². The summed E-state index contributed by atoms with van der Waals surface area (Å²) in [5.41, 5.74) is 3.58. The number of piperazine rings is 1. The minimum absolute atomic E-state index is 0.104. The second-order valence-corrected chi connectivity index (χ2v) is 8.17. The number of aromatic nitrogens is 2. The van der Waals surface area contributed by atoms with E-state index in [1.54, 1.807) is 0 Å². The first kappa shape index (κ1) is 21.2. The van der Waals surface area contributed by atoms with E-state index in [0.717, 1.165) is 49.9 Å². The molecule has 1 aliphatic heterocycles. The summed E-state index contributed by atoms with van der Waals surface area (Å²) < 4.78 is 0. The highest BCUT2D eigenvalue weighted by Gasteiger charge is 2.21. The molecule has 1 aromatic carbocycles. The van der Waals surface area contributed by atoms with Crippen molar-refractivity contribution in [3.05, 3.63) is 53.0 Å². The van der Waals surface area contributed by atoms with Crippen LogP contribution in [0.25, 0.3) is 0 Å². The SMILES string of the molecule is Cc1cc(N2CCN(CC(=O)NCCc3ccccc3C)CC2)nc(C(C)C)n1. The molecule has 0 atom stereocenters. The van der Waals surface area contributed by atoms with Crippen LogP contribution in [0.1, 0.15) is 42.4 Å². The molecular weight excluding hydrogens is 362 g/mol. The molecule has 156 valence electrons. The summed E-state index contributed by atoms with van der Waals surface area (Å²) in [5.74, 6) is 2.32. The van der Waals surface area contributed by atoms with Crippen molar-refractivity contribution in [3.8, 4) is 0 Å². The Morgan fingerprint density at radius 2 is 1.83 bits per heavy atom. The van der Waals surface area contributed by atoms with Crippen LogP contribution < -0.4 is 10.2 Å². The van der Waals surface area contributed by atoms with E-state index in [-0.39, 0.29) is 5.91 Å². The highest BCUT2D eigenvalue weighted by atomic mass is 16.2. The molecule has 0 aliphatic carbocycles. The maximum atomic E-state index is 12.3. The van der Waals surface area contributed by atoms with Gasteiger partial charge in [0.1, 0.15) is 11.6 Å². The van der Waals surface area contributed by atoms with E-state index in [0.29, 0.717) is 19.0 Å². The minimum atomic E-state index is 0.104. The summed E-state index contributed by atoms with van der Waals surface area (Å²) in [6.45, 7) is 13.0. The van der Waals surface area contributed by atoms with Crippen LogP contribution in [0.3, 0.4) is 0 Å². The highest BCUT2D eigenvalue weighted by molar-refractivity contribution is 5.78. The summed E-state index contributed by atoms with van der Waals surface area (Å²) in [5, 5.41) is 3.06. The standard InChI is InChI=1S/C23H33N5O/c1-17(2)23-25-19(4)15-21(26-23)28-13-11-27(12-14-28)16-22(29)24-10-9-20-8-6-5-7-18(20)3/h5-8,15,17H,9-14,16H2,1-4H3,(H,24,29). The number of nitrogens with one attached hydrogen (secondary N) is 1. The molecule has 6 heteroatoms. The van der Waals surface area contributed by atoms with E-state index in [1.807, 2.05) is 19.1 Å². The lowest BCUT2D eigenvalue weighted by atomic mass is 10.1. The number of carbonyl (C=O) groups excluding carboxylic acids is 1. The van der Waals surface area contributed by atoms with Gasteiger partial charge < -0.3 is 10.2 Å². The summed E-state index contributed by atoms with van der Waals surface area (Å²) in [4.78, 5) is 26.1. The van der Waals surface area contributed by atoms with Crippen LogP contribution in [0, 0.1) is 13.8 Å². The van der Waals surface area contributed by atoms with Gasteiger partial charge in [-0.15, -0.1) is 0 Å². The van der Waals surface area contributed by atoms with Crippen molar-refractivity contribution < 1.29 is 4.79 Å². The maximum absolute atomic E-state index is 12.3. The predicted molar refractivity (Wildman–Crippen MR) is 117 cm³/mol. The van der Waals surface area contributed by atoms with Gasteiger partial charge in [0.15, 0.2) is 0 Å². The zero-order valence-corrected chi connectivity index (χ0v) is 18.1. The molecule has 29 heavy (non-hydrogen) atoms. The van der Waals surface area contributed by atoms with Crippen LogP contribution in [0.15, 0.2) is 30.3 Å². The molecule has 1 amide bonds. The predicted octanol–water partition coefficient (Wildman–Crippen LogP) is 2.70. The number of aryl methyl sites for hydroxylation is 2. The summed E-state index contributed by atoms with van der Waals surface area (Å²) >= 11 is 0. The number of rotatable bonds is 7. The number of benzene rings is 1. The Morgan fingerprint density at radius 3 is 2.52 bits per heavy atom. The molecule has 2 heterocycles. The Labute approximate surface area is 174 Å². The molecule has 1 aromatic heterocycles. The fourth-order valence-electron chi connectivity index (χ4n) is 3.62. The lowest BCUT2D eigenvalue weighted by Crippen LogP contribution is -2.50. The molecule has 0 saturated carbocycles. The molecule has 0 spiro atoms. The van der Waals surface area contributed by atoms with Gasteiger partial charge in [-0.25, -0.2) is 9.97 Å². The minimum Gasteiger partial charge on any atom is -0.355 e. The molecular formula is C23H33N5O. The van der Waals surface area contributed by atoms with E-state index in [9.17, 15) is 4.79 Å². The lowest BCUT2D eigenvalue weighted by molar-refractivity contribution is -0.122. The second kappa shape index (κ2) is 9.83. The molecule has 1 saturated heterocycles. The third kappa shape index (κ3) is 6.00. The van der Waals surface area contributed by atoms with Gasteiger partial charge in [-0.1, -0.05) is 38.1 Å². The Bertz CT molecular complexity index is 828. The van der Waals surface area contributed by atoms with Gasteiger partial charge >= 0.3 is 0 Å².